The van der Waals surface area contributed by atoms with Gasteiger partial charge in [-0.15, -0.1) is 0 Å². The average Bonchev–Trinajstić information content (AvgIpc) is 2.63. The van der Waals surface area contributed by atoms with Gasteiger partial charge in [-0.3, -0.25) is 0 Å². The molecule has 0 aliphatic heterocycles. The van der Waals surface area contributed by atoms with Crippen LogP contribution in [-0.4, -0.2) is 4.98 Å². The minimum absolute atomic E-state index is 0.836. The Morgan fingerprint density at radius 1 is 1.50 bits per heavy atom. The third kappa shape index (κ3) is 1.68. The van der Waals surface area contributed by atoms with Gasteiger partial charge < -0.3 is 4.42 Å². The van der Waals surface area contributed by atoms with Crippen LogP contribution < -0.4 is 0 Å². The van der Waals surface area contributed by atoms with Gasteiger partial charge in [0, 0.05) is 6.42 Å². The molecule has 1 aliphatic rings. The number of nitrogens with zero attached hydrogens (tertiary/aromatic N) is 1. The molecule has 66 valence electrons. The number of hydrogen-bond donors (Lipinski definition) is 0. The fourth-order valence-corrected chi connectivity index (χ4v) is 1.96. The quantitative estimate of drug-likeness (QED) is 0.673. The van der Waals surface area contributed by atoms with Crippen LogP contribution in [-0.2, 0) is 6.42 Å². The summed E-state index contributed by atoms with van der Waals surface area (Å²) < 4.78 is 5.32. The molecule has 1 heterocycles. The topological polar surface area (TPSA) is 26.0 Å². The summed E-state index contributed by atoms with van der Waals surface area (Å²) in [6.45, 7) is 1.97. The highest BCUT2D eigenvalue weighted by molar-refractivity contribution is 4.94. The van der Waals surface area contributed by atoms with E-state index in [1.165, 1.54) is 25.7 Å². The molecule has 12 heavy (non-hydrogen) atoms. The molecule has 0 unspecified atom stereocenters. The molecule has 0 saturated heterocycles. The van der Waals surface area contributed by atoms with Crippen LogP contribution >= 0.6 is 0 Å². The number of aromatic nitrogens is 1. The normalized spacial score (nSPS) is 18.8. The molecule has 1 aromatic rings. The van der Waals surface area contributed by atoms with Crippen molar-refractivity contribution in [1.82, 2.24) is 4.98 Å². The summed E-state index contributed by atoms with van der Waals surface area (Å²) in [5.74, 6) is 1.77. The number of oxazole rings is 1. The van der Waals surface area contributed by atoms with Crippen LogP contribution in [0, 0.1) is 12.8 Å². The molecule has 2 nitrogen and oxygen atoms in total. The fourth-order valence-electron chi connectivity index (χ4n) is 1.96. The Morgan fingerprint density at radius 2 is 2.25 bits per heavy atom. The van der Waals surface area contributed by atoms with Gasteiger partial charge in [0.15, 0.2) is 5.89 Å². The van der Waals surface area contributed by atoms with Gasteiger partial charge >= 0.3 is 0 Å². The number of rotatable bonds is 2. The van der Waals surface area contributed by atoms with E-state index in [9.17, 15) is 0 Å². The zero-order chi connectivity index (χ0) is 8.39. The SMILES string of the molecule is Cc1coc(CC2CCCC2)n1. The fraction of sp³-hybridized carbons (Fsp3) is 0.700. The van der Waals surface area contributed by atoms with Crippen molar-refractivity contribution in [1.29, 1.82) is 0 Å². The lowest BCUT2D eigenvalue weighted by molar-refractivity contribution is 0.431. The Bertz CT molecular complexity index is 248. The average molecular weight is 165 g/mol. The van der Waals surface area contributed by atoms with Crippen molar-refractivity contribution in [3.63, 3.8) is 0 Å². The molecular formula is C10H15NO. The zero-order valence-corrected chi connectivity index (χ0v) is 7.55. The molecular weight excluding hydrogens is 150 g/mol. The smallest absolute Gasteiger partial charge is 0.194 e. The van der Waals surface area contributed by atoms with Crippen LogP contribution in [0.2, 0.25) is 0 Å². The van der Waals surface area contributed by atoms with E-state index >= 15 is 0 Å². The van der Waals surface area contributed by atoms with Crippen LogP contribution in [0.15, 0.2) is 10.7 Å². The Kier molecular flexibility index (Phi) is 2.15. The third-order valence-electron chi connectivity index (χ3n) is 2.60. The summed E-state index contributed by atoms with van der Waals surface area (Å²) in [6.07, 6.45) is 8.30. The van der Waals surface area contributed by atoms with E-state index in [0.717, 1.165) is 23.9 Å². The molecule has 0 spiro atoms. The summed E-state index contributed by atoms with van der Waals surface area (Å²) in [5.41, 5.74) is 1.00. The number of aryl methyl sites for hydroxylation is 1. The molecule has 0 amide bonds. The van der Waals surface area contributed by atoms with E-state index < -0.39 is 0 Å². The van der Waals surface area contributed by atoms with Crippen LogP contribution in [0.25, 0.3) is 0 Å². The Morgan fingerprint density at radius 3 is 2.83 bits per heavy atom. The van der Waals surface area contributed by atoms with Gasteiger partial charge in [0.1, 0.15) is 6.26 Å². The van der Waals surface area contributed by atoms with Crippen LogP contribution in [0.4, 0.5) is 0 Å². The summed E-state index contributed by atoms with van der Waals surface area (Å²) in [6, 6.07) is 0. The predicted molar refractivity (Wildman–Crippen MR) is 46.9 cm³/mol. The lowest BCUT2D eigenvalue weighted by Crippen LogP contribution is -1.98. The first-order valence-electron chi connectivity index (χ1n) is 4.75. The molecule has 0 radical (unpaired) electrons. The first kappa shape index (κ1) is 7.84. The summed E-state index contributed by atoms with van der Waals surface area (Å²) in [4.78, 5) is 4.31. The van der Waals surface area contributed by atoms with Gasteiger partial charge in [-0.2, -0.15) is 0 Å². The van der Waals surface area contributed by atoms with E-state index in [0.29, 0.717) is 0 Å². The van der Waals surface area contributed by atoms with Crippen molar-refractivity contribution < 1.29 is 4.42 Å². The molecule has 1 aliphatic carbocycles. The second-order valence-corrected chi connectivity index (χ2v) is 3.74. The minimum Gasteiger partial charge on any atom is -0.449 e. The summed E-state index contributed by atoms with van der Waals surface area (Å²) in [5, 5.41) is 0. The van der Waals surface area contributed by atoms with Crippen molar-refractivity contribution >= 4 is 0 Å². The molecule has 0 aromatic carbocycles. The van der Waals surface area contributed by atoms with Gasteiger partial charge in [0.25, 0.3) is 0 Å². The van der Waals surface area contributed by atoms with Crippen molar-refractivity contribution in [3.8, 4) is 0 Å². The van der Waals surface area contributed by atoms with Crippen molar-refractivity contribution in [3.05, 3.63) is 17.8 Å². The summed E-state index contributed by atoms with van der Waals surface area (Å²) in [7, 11) is 0. The van der Waals surface area contributed by atoms with Crippen molar-refractivity contribution in [2.45, 2.75) is 39.0 Å². The van der Waals surface area contributed by atoms with Gasteiger partial charge in [-0.05, 0) is 25.7 Å². The predicted octanol–water partition coefficient (Wildman–Crippen LogP) is 2.72. The van der Waals surface area contributed by atoms with E-state index in [1.807, 2.05) is 6.92 Å². The highest BCUT2D eigenvalue weighted by Crippen LogP contribution is 2.27. The lowest BCUT2D eigenvalue weighted by Gasteiger charge is -2.03. The molecule has 1 fully saturated rings. The van der Waals surface area contributed by atoms with Crippen LogP contribution in [0.1, 0.15) is 37.3 Å². The largest absolute Gasteiger partial charge is 0.449 e. The monoisotopic (exact) mass is 165 g/mol. The highest BCUT2D eigenvalue weighted by Gasteiger charge is 2.17. The summed E-state index contributed by atoms with van der Waals surface area (Å²) >= 11 is 0. The second kappa shape index (κ2) is 3.30. The third-order valence-corrected chi connectivity index (χ3v) is 2.60. The molecule has 0 N–H and O–H groups in total. The molecule has 2 heteroatoms. The maximum Gasteiger partial charge on any atom is 0.194 e. The van der Waals surface area contributed by atoms with E-state index in [1.54, 1.807) is 6.26 Å². The van der Waals surface area contributed by atoms with Crippen LogP contribution in [0.3, 0.4) is 0 Å². The molecule has 1 aromatic heterocycles. The Labute approximate surface area is 73.0 Å². The molecule has 1 saturated carbocycles. The molecule has 0 bridgehead atoms. The number of hydrogen-bond acceptors (Lipinski definition) is 2. The van der Waals surface area contributed by atoms with E-state index in [4.69, 9.17) is 4.42 Å². The molecule has 2 rings (SSSR count). The van der Waals surface area contributed by atoms with E-state index in [-0.39, 0.29) is 0 Å². The first-order chi connectivity index (χ1) is 5.84. The van der Waals surface area contributed by atoms with Crippen molar-refractivity contribution in [2.75, 3.05) is 0 Å². The maximum absolute atomic E-state index is 5.32. The second-order valence-electron chi connectivity index (χ2n) is 3.74. The standard InChI is InChI=1S/C10H15NO/c1-8-7-12-10(11-8)6-9-4-2-3-5-9/h7,9H,2-6H2,1H3. The van der Waals surface area contributed by atoms with Gasteiger partial charge in [-0.1, -0.05) is 12.8 Å². The van der Waals surface area contributed by atoms with Crippen LogP contribution in [0.5, 0.6) is 0 Å². The van der Waals surface area contributed by atoms with Crippen molar-refractivity contribution in [2.24, 2.45) is 5.92 Å². The van der Waals surface area contributed by atoms with Gasteiger partial charge in [0.05, 0.1) is 5.69 Å². The van der Waals surface area contributed by atoms with Gasteiger partial charge in [-0.25, -0.2) is 4.98 Å². The first-order valence-corrected chi connectivity index (χ1v) is 4.75. The zero-order valence-electron chi connectivity index (χ0n) is 7.55. The Hall–Kier alpha value is -0.790. The molecule has 0 atom stereocenters. The lowest BCUT2D eigenvalue weighted by atomic mass is 10.0. The van der Waals surface area contributed by atoms with Gasteiger partial charge in [0.2, 0.25) is 0 Å². The highest BCUT2D eigenvalue weighted by atomic mass is 16.3. The Balaban J connectivity index is 1.94. The maximum atomic E-state index is 5.32. The van der Waals surface area contributed by atoms with E-state index in [2.05, 4.69) is 4.98 Å². The minimum atomic E-state index is 0.836.